The number of benzene rings is 1. The molecular formula is C18H22N4O2. The number of nitrogens with one attached hydrogen (secondary N) is 2. The van der Waals surface area contributed by atoms with E-state index in [9.17, 15) is 4.79 Å². The van der Waals surface area contributed by atoms with E-state index >= 15 is 0 Å². The number of nitrogens with zero attached hydrogens (tertiary/aromatic N) is 2. The number of para-hydroxylation sites is 2. The summed E-state index contributed by atoms with van der Waals surface area (Å²) < 4.78 is 5.32. The summed E-state index contributed by atoms with van der Waals surface area (Å²) in [4.78, 5) is 21.1. The van der Waals surface area contributed by atoms with Gasteiger partial charge >= 0.3 is 0 Å². The van der Waals surface area contributed by atoms with Crippen LogP contribution < -0.4 is 15.4 Å². The average molecular weight is 326 g/mol. The van der Waals surface area contributed by atoms with Crippen molar-refractivity contribution in [2.75, 3.05) is 12.4 Å². The first kappa shape index (κ1) is 16.2. The molecule has 1 aromatic heterocycles. The minimum absolute atomic E-state index is 0.143. The Morgan fingerprint density at radius 1 is 1.21 bits per heavy atom. The second-order valence-electron chi connectivity index (χ2n) is 6.00. The zero-order valence-corrected chi connectivity index (χ0v) is 14.0. The summed E-state index contributed by atoms with van der Waals surface area (Å²) in [5, 5.41) is 6.18. The van der Waals surface area contributed by atoms with E-state index in [0.717, 1.165) is 24.2 Å². The lowest BCUT2D eigenvalue weighted by atomic mass is 10.2. The molecular weight excluding hydrogens is 304 g/mol. The van der Waals surface area contributed by atoms with Gasteiger partial charge in [-0.1, -0.05) is 25.0 Å². The lowest BCUT2D eigenvalue weighted by Crippen LogP contribution is -2.33. The zero-order chi connectivity index (χ0) is 16.9. The van der Waals surface area contributed by atoms with Gasteiger partial charge in [-0.15, -0.1) is 0 Å². The Morgan fingerprint density at radius 2 is 1.96 bits per heavy atom. The lowest BCUT2D eigenvalue weighted by molar-refractivity contribution is 0.0932. The first-order valence-corrected chi connectivity index (χ1v) is 8.22. The molecule has 1 amide bonds. The molecule has 6 heteroatoms. The summed E-state index contributed by atoms with van der Waals surface area (Å²) in [7, 11) is 1.61. The molecule has 0 spiro atoms. The number of anilines is 2. The van der Waals surface area contributed by atoms with Crippen LogP contribution in [0.1, 0.15) is 41.9 Å². The molecule has 24 heavy (non-hydrogen) atoms. The maximum Gasteiger partial charge on any atom is 0.270 e. The van der Waals surface area contributed by atoms with Gasteiger partial charge in [0.15, 0.2) is 0 Å². The quantitative estimate of drug-likeness (QED) is 0.882. The molecule has 0 bridgehead atoms. The SMILES string of the molecule is COc1ccccc1Nc1nc(C)cc(C(=O)NC2CCCC2)n1. The molecule has 0 aliphatic heterocycles. The van der Waals surface area contributed by atoms with Crippen LogP contribution in [-0.4, -0.2) is 29.0 Å². The molecule has 6 nitrogen and oxygen atoms in total. The highest BCUT2D eigenvalue weighted by Gasteiger charge is 2.19. The zero-order valence-electron chi connectivity index (χ0n) is 14.0. The van der Waals surface area contributed by atoms with Crippen LogP contribution in [0.4, 0.5) is 11.6 Å². The summed E-state index contributed by atoms with van der Waals surface area (Å²) in [5.41, 5.74) is 1.87. The number of rotatable bonds is 5. The summed E-state index contributed by atoms with van der Waals surface area (Å²) >= 11 is 0. The molecule has 3 rings (SSSR count). The molecule has 0 unspecified atom stereocenters. The van der Waals surface area contributed by atoms with E-state index in [0.29, 0.717) is 17.4 Å². The Kier molecular flexibility index (Phi) is 4.93. The van der Waals surface area contributed by atoms with Gasteiger partial charge in [-0.3, -0.25) is 4.79 Å². The normalized spacial score (nSPS) is 14.4. The summed E-state index contributed by atoms with van der Waals surface area (Å²) in [6.07, 6.45) is 4.44. The number of amides is 1. The van der Waals surface area contributed by atoms with E-state index < -0.39 is 0 Å². The third-order valence-corrected chi connectivity index (χ3v) is 4.13. The van der Waals surface area contributed by atoms with Gasteiger partial charge in [0.1, 0.15) is 11.4 Å². The molecule has 126 valence electrons. The van der Waals surface area contributed by atoms with Crippen molar-refractivity contribution < 1.29 is 9.53 Å². The van der Waals surface area contributed by atoms with Crippen LogP contribution in [-0.2, 0) is 0 Å². The molecule has 1 fully saturated rings. The van der Waals surface area contributed by atoms with Crippen LogP contribution in [0.3, 0.4) is 0 Å². The van der Waals surface area contributed by atoms with Crippen LogP contribution >= 0.6 is 0 Å². The molecule has 0 saturated heterocycles. The molecule has 2 aromatic rings. The molecule has 1 aromatic carbocycles. The minimum atomic E-state index is -0.143. The highest BCUT2D eigenvalue weighted by Crippen LogP contribution is 2.25. The maximum atomic E-state index is 12.4. The Morgan fingerprint density at radius 3 is 2.71 bits per heavy atom. The van der Waals surface area contributed by atoms with Gasteiger partial charge in [-0.05, 0) is 38.0 Å². The largest absolute Gasteiger partial charge is 0.495 e. The molecule has 0 radical (unpaired) electrons. The fraction of sp³-hybridized carbons (Fsp3) is 0.389. The molecule has 1 aliphatic carbocycles. The number of carbonyl (C=O) groups excluding carboxylic acids is 1. The first-order chi connectivity index (χ1) is 11.7. The summed E-state index contributed by atoms with van der Waals surface area (Å²) in [6.45, 7) is 1.85. The maximum absolute atomic E-state index is 12.4. The molecule has 1 saturated carbocycles. The van der Waals surface area contributed by atoms with Crippen molar-refractivity contribution in [1.29, 1.82) is 0 Å². The van der Waals surface area contributed by atoms with Crippen molar-refractivity contribution in [2.24, 2.45) is 0 Å². The van der Waals surface area contributed by atoms with E-state index in [2.05, 4.69) is 20.6 Å². The number of hydrogen-bond acceptors (Lipinski definition) is 5. The first-order valence-electron chi connectivity index (χ1n) is 8.22. The van der Waals surface area contributed by atoms with Crippen LogP contribution in [0.2, 0.25) is 0 Å². The van der Waals surface area contributed by atoms with Crippen molar-refractivity contribution in [3.63, 3.8) is 0 Å². The minimum Gasteiger partial charge on any atom is -0.495 e. The number of hydrogen-bond donors (Lipinski definition) is 2. The monoisotopic (exact) mass is 326 g/mol. The number of aryl methyl sites for hydroxylation is 1. The van der Waals surface area contributed by atoms with E-state index in [-0.39, 0.29) is 11.9 Å². The molecule has 0 atom stereocenters. The second-order valence-corrected chi connectivity index (χ2v) is 6.00. The van der Waals surface area contributed by atoms with Crippen LogP contribution in [0.5, 0.6) is 5.75 Å². The van der Waals surface area contributed by atoms with E-state index in [4.69, 9.17) is 4.74 Å². The number of ether oxygens (including phenoxy) is 1. The average Bonchev–Trinajstić information content (AvgIpc) is 3.08. The van der Waals surface area contributed by atoms with E-state index in [1.807, 2.05) is 31.2 Å². The third kappa shape index (κ3) is 3.82. The summed E-state index contributed by atoms with van der Waals surface area (Å²) in [6, 6.07) is 9.49. The Balaban J connectivity index is 1.79. The lowest BCUT2D eigenvalue weighted by Gasteiger charge is -2.13. The second kappa shape index (κ2) is 7.29. The van der Waals surface area contributed by atoms with Gasteiger partial charge in [0.05, 0.1) is 12.8 Å². The summed E-state index contributed by atoms with van der Waals surface area (Å²) in [5.74, 6) is 0.936. The number of aromatic nitrogens is 2. The van der Waals surface area contributed by atoms with Gasteiger partial charge in [-0.25, -0.2) is 9.97 Å². The van der Waals surface area contributed by atoms with E-state index in [1.54, 1.807) is 13.2 Å². The standard InChI is InChI=1S/C18H22N4O2/c1-12-11-15(17(23)20-13-7-3-4-8-13)22-18(19-12)21-14-9-5-6-10-16(14)24-2/h5-6,9-11,13H,3-4,7-8H2,1-2H3,(H,20,23)(H,19,21,22). The van der Waals surface area contributed by atoms with Gasteiger partial charge in [-0.2, -0.15) is 0 Å². The van der Waals surface area contributed by atoms with Gasteiger partial charge < -0.3 is 15.4 Å². The fourth-order valence-electron chi connectivity index (χ4n) is 2.94. The highest BCUT2D eigenvalue weighted by atomic mass is 16.5. The van der Waals surface area contributed by atoms with Gasteiger partial charge in [0, 0.05) is 11.7 Å². The molecule has 2 N–H and O–H groups in total. The van der Waals surface area contributed by atoms with Crippen LogP contribution in [0.25, 0.3) is 0 Å². The van der Waals surface area contributed by atoms with Crippen molar-refractivity contribution in [3.8, 4) is 5.75 Å². The van der Waals surface area contributed by atoms with Crippen LogP contribution in [0, 0.1) is 6.92 Å². The Hall–Kier alpha value is -2.63. The highest BCUT2D eigenvalue weighted by molar-refractivity contribution is 5.93. The van der Waals surface area contributed by atoms with Crippen molar-refractivity contribution in [3.05, 3.63) is 41.7 Å². The number of methoxy groups -OCH3 is 1. The van der Waals surface area contributed by atoms with E-state index in [1.165, 1.54) is 12.8 Å². The van der Waals surface area contributed by atoms with Crippen molar-refractivity contribution in [2.45, 2.75) is 38.6 Å². The van der Waals surface area contributed by atoms with Crippen molar-refractivity contribution >= 4 is 17.5 Å². The van der Waals surface area contributed by atoms with Crippen molar-refractivity contribution in [1.82, 2.24) is 15.3 Å². The molecule has 1 aliphatic rings. The van der Waals surface area contributed by atoms with Gasteiger partial charge in [0.2, 0.25) is 5.95 Å². The third-order valence-electron chi connectivity index (χ3n) is 4.13. The fourth-order valence-corrected chi connectivity index (χ4v) is 2.94. The number of carbonyl (C=O) groups is 1. The predicted octanol–water partition coefficient (Wildman–Crippen LogP) is 3.21. The Labute approximate surface area is 141 Å². The smallest absolute Gasteiger partial charge is 0.270 e. The predicted molar refractivity (Wildman–Crippen MR) is 92.8 cm³/mol. The Bertz CT molecular complexity index is 727. The van der Waals surface area contributed by atoms with Gasteiger partial charge in [0.25, 0.3) is 5.91 Å². The van der Waals surface area contributed by atoms with Crippen LogP contribution in [0.15, 0.2) is 30.3 Å². The topological polar surface area (TPSA) is 76.1 Å². The molecule has 1 heterocycles.